The first-order valence-corrected chi connectivity index (χ1v) is 6.36. The molecule has 1 rings (SSSR count). The van der Waals surface area contributed by atoms with Crippen LogP contribution in [0, 0.1) is 15.9 Å². The number of non-ortho nitro benzene ring substituents is 1. The van der Waals surface area contributed by atoms with Crippen LogP contribution < -0.4 is 5.32 Å². The zero-order valence-electron chi connectivity index (χ0n) is 11.0. The summed E-state index contributed by atoms with van der Waals surface area (Å²) >= 11 is 5.43. The van der Waals surface area contributed by atoms with Gasteiger partial charge in [-0.2, -0.15) is 0 Å². The fraction of sp³-hybridized carbons (Fsp3) is 0.333. The van der Waals surface area contributed by atoms with Gasteiger partial charge in [0.2, 0.25) is 5.91 Å². The number of methoxy groups -OCH3 is 1. The summed E-state index contributed by atoms with van der Waals surface area (Å²) in [4.78, 5) is 32.9. The number of carbonyl (C=O) groups is 2. The van der Waals surface area contributed by atoms with Crippen LogP contribution in [0.2, 0.25) is 0 Å². The minimum atomic E-state index is -1.09. The number of esters is 1. The lowest BCUT2D eigenvalue weighted by molar-refractivity contribution is -0.384. The van der Waals surface area contributed by atoms with Gasteiger partial charge in [-0.3, -0.25) is 14.9 Å². The Hall–Kier alpha value is -2.22. The number of rotatable bonds is 6. The van der Waals surface area contributed by atoms with E-state index in [0.29, 0.717) is 6.42 Å². The Bertz CT molecular complexity index is 579. The highest BCUT2D eigenvalue weighted by Crippen LogP contribution is 2.26. The quantitative estimate of drug-likeness (QED) is 0.376. The molecule has 9 heteroatoms. The second-order valence-electron chi connectivity index (χ2n) is 3.94. The smallest absolute Gasteiger partial charge is 0.341 e. The van der Waals surface area contributed by atoms with Crippen molar-refractivity contribution >= 4 is 34.9 Å². The molecule has 0 aliphatic carbocycles. The predicted octanol–water partition coefficient (Wildman–Crippen LogP) is 2.48. The average Bonchev–Trinajstić information content (AvgIpc) is 2.46. The molecule has 0 fully saturated rings. The molecule has 0 aliphatic rings. The highest BCUT2D eigenvalue weighted by atomic mass is 35.5. The molecule has 1 aromatic rings. The van der Waals surface area contributed by atoms with E-state index >= 15 is 0 Å². The molecule has 0 aromatic heterocycles. The van der Waals surface area contributed by atoms with Crippen LogP contribution in [0.5, 0.6) is 0 Å². The zero-order valence-corrected chi connectivity index (χ0v) is 11.8. The normalized spacial score (nSPS) is 10.0. The number of hydrogen-bond donors (Lipinski definition) is 1. The van der Waals surface area contributed by atoms with E-state index in [2.05, 4.69) is 10.1 Å². The summed E-state index contributed by atoms with van der Waals surface area (Å²) in [5.41, 5.74) is -1.62. The maximum atomic E-state index is 14.1. The molecule has 0 atom stereocenters. The van der Waals surface area contributed by atoms with Crippen molar-refractivity contribution < 1.29 is 23.6 Å². The molecule has 0 heterocycles. The van der Waals surface area contributed by atoms with E-state index in [9.17, 15) is 24.1 Å². The summed E-state index contributed by atoms with van der Waals surface area (Å²) in [5, 5.41) is 13.0. The van der Waals surface area contributed by atoms with Crippen molar-refractivity contribution in [2.75, 3.05) is 18.3 Å². The van der Waals surface area contributed by atoms with Gasteiger partial charge >= 0.3 is 5.97 Å². The van der Waals surface area contributed by atoms with E-state index in [1.165, 1.54) is 0 Å². The van der Waals surface area contributed by atoms with Crippen LogP contribution in [0.4, 0.5) is 15.8 Å². The number of nitro groups is 1. The summed E-state index contributed by atoms with van der Waals surface area (Å²) in [7, 11) is 1.01. The van der Waals surface area contributed by atoms with E-state index in [0.717, 1.165) is 19.2 Å². The number of benzene rings is 1. The molecule has 0 saturated heterocycles. The van der Waals surface area contributed by atoms with Gasteiger partial charge in [0.25, 0.3) is 5.69 Å². The Morgan fingerprint density at radius 2 is 2.14 bits per heavy atom. The van der Waals surface area contributed by atoms with Gasteiger partial charge in [0.05, 0.1) is 17.7 Å². The lowest BCUT2D eigenvalue weighted by atomic mass is 10.1. The van der Waals surface area contributed by atoms with Crippen LogP contribution >= 0.6 is 11.6 Å². The highest BCUT2D eigenvalue weighted by molar-refractivity contribution is 6.18. The van der Waals surface area contributed by atoms with Gasteiger partial charge in [0.1, 0.15) is 5.56 Å². The number of halogens is 2. The van der Waals surface area contributed by atoms with E-state index in [4.69, 9.17) is 11.6 Å². The fourth-order valence-electron chi connectivity index (χ4n) is 1.50. The van der Waals surface area contributed by atoms with Crippen LogP contribution in [-0.2, 0) is 9.53 Å². The molecule has 0 unspecified atom stereocenters. The van der Waals surface area contributed by atoms with Gasteiger partial charge in [-0.15, -0.1) is 11.6 Å². The largest absolute Gasteiger partial charge is 0.465 e. The first-order valence-electron chi connectivity index (χ1n) is 5.82. The van der Waals surface area contributed by atoms with Gasteiger partial charge in [-0.05, 0) is 6.42 Å². The fourth-order valence-corrected chi connectivity index (χ4v) is 1.64. The lowest BCUT2D eigenvalue weighted by Crippen LogP contribution is -2.15. The van der Waals surface area contributed by atoms with E-state index < -0.39 is 39.6 Å². The van der Waals surface area contributed by atoms with Crippen molar-refractivity contribution in [1.29, 1.82) is 0 Å². The second-order valence-corrected chi connectivity index (χ2v) is 4.32. The molecule has 1 amide bonds. The summed E-state index contributed by atoms with van der Waals surface area (Å²) in [6.45, 7) is 0. The first-order chi connectivity index (χ1) is 9.90. The zero-order chi connectivity index (χ0) is 16.0. The van der Waals surface area contributed by atoms with Crippen molar-refractivity contribution in [1.82, 2.24) is 0 Å². The number of nitrogens with one attached hydrogen (secondary N) is 1. The molecule has 0 saturated carbocycles. The third-order valence-electron chi connectivity index (χ3n) is 2.49. The Balaban J connectivity index is 3.17. The third-order valence-corrected chi connectivity index (χ3v) is 2.75. The molecule has 0 spiro atoms. The molecule has 0 bridgehead atoms. The van der Waals surface area contributed by atoms with Crippen LogP contribution in [-0.4, -0.2) is 29.8 Å². The standard InChI is InChI=1S/C12H12ClFN2O5/c1-21-12(18)8-5-7(16(19)20)6-9(11(8)14)15-10(17)3-2-4-13/h5-6H,2-4H2,1H3,(H,15,17). The Morgan fingerprint density at radius 3 is 2.67 bits per heavy atom. The van der Waals surface area contributed by atoms with Crippen LogP contribution in [0.3, 0.4) is 0 Å². The predicted molar refractivity (Wildman–Crippen MR) is 73.0 cm³/mol. The Labute approximate surface area is 124 Å². The summed E-state index contributed by atoms with van der Waals surface area (Å²) in [6.07, 6.45) is 0.396. The Morgan fingerprint density at radius 1 is 1.48 bits per heavy atom. The van der Waals surface area contributed by atoms with Gasteiger partial charge in [-0.25, -0.2) is 9.18 Å². The number of ether oxygens (including phenoxy) is 1. The maximum absolute atomic E-state index is 14.1. The number of anilines is 1. The number of nitro benzene ring substituents is 1. The monoisotopic (exact) mass is 318 g/mol. The molecule has 114 valence electrons. The summed E-state index contributed by atoms with van der Waals surface area (Å²) < 4.78 is 18.4. The lowest BCUT2D eigenvalue weighted by Gasteiger charge is -2.09. The van der Waals surface area contributed by atoms with Gasteiger partial charge < -0.3 is 10.1 Å². The van der Waals surface area contributed by atoms with Gasteiger partial charge in [0.15, 0.2) is 5.82 Å². The number of carbonyl (C=O) groups excluding carboxylic acids is 2. The van der Waals surface area contributed by atoms with Crippen LogP contribution in [0.15, 0.2) is 12.1 Å². The minimum absolute atomic E-state index is 0.0270. The van der Waals surface area contributed by atoms with E-state index in [1.807, 2.05) is 0 Å². The maximum Gasteiger partial charge on any atom is 0.341 e. The van der Waals surface area contributed by atoms with Gasteiger partial charge in [-0.1, -0.05) is 0 Å². The van der Waals surface area contributed by atoms with Gasteiger partial charge in [0, 0.05) is 24.4 Å². The van der Waals surface area contributed by atoms with E-state index in [-0.39, 0.29) is 12.3 Å². The molecule has 1 N–H and O–H groups in total. The first kappa shape index (κ1) is 16.8. The molecule has 21 heavy (non-hydrogen) atoms. The summed E-state index contributed by atoms with van der Waals surface area (Å²) in [5.74, 6) is -2.48. The molecule has 7 nitrogen and oxygen atoms in total. The topological polar surface area (TPSA) is 98.5 Å². The van der Waals surface area contributed by atoms with Crippen molar-refractivity contribution in [2.45, 2.75) is 12.8 Å². The summed E-state index contributed by atoms with van der Waals surface area (Å²) in [6, 6.07) is 1.58. The second kappa shape index (κ2) is 7.53. The SMILES string of the molecule is COC(=O)c1cc([N+](=O)[O-])cc(NC(=O)CCCCl)c1F. The van der Waals surface area contributed by atoms with E-state index in [1.54, 1.807) is 0 Å². The number of nitrogens with zero attached hydrogens (tertiary/aromatic N) is 1. The highest BCUT2D eigenvalue weighted by Gasteiger charge is 2.22. The van der Waals surface area contributed by atoms with Crippen molar-refractivity contribution in [3.8, 4) is 0 Å². The van der Waals surface area contributed by atoms with Crippen molar-refractivity contribution in [3.63, 3.8) is 0 Å². The average molecular weight is 319 g/mol. The molecule has 0 aliphatic heterocycles. The number of alkyl halides is 1. The third kappa shape index (κ3) is 4.38. The number of hydrogen-bond acceptors (Lipinski definition) is 5. The molecule has 0 radical (unpaired) electrons. The number of amides is 1. The van der Waals surface area contributed by atoms with Crippen molar-refractivity contribution in [3.05, 3.63) is 33.6 Å². The van der Waals surface area contributed by atoms with Crippen LogP contribution in [0.25, 0.3) is 0 Å². The Kier molecular flexibility index (Phi) is 6.04. The molecular formula is C12H12ClFN2O5. The minimum Gasteiger partial charge on any atom is -0.465 e. The molecule has 1 aromatic carbocycles. The molecular weight excluding hydrogens is 307 g/mol. The van der Waals surface area contributed by atoms with Crippen LogP contribution in [0.1, 0.15) is 23.2 Å². The van der Waals surface area contributed by atoms with Crippen molar-refractivity contribution in [2.24, 2.45) is 0 Å².